The van der Waals surface area contributed by atoms with Crippen LogP contribution in [-0.2, 0) is 19.3 Å². The monoisotopic (exact) mass is 498 g/mol. The lowest BCUT2D eigenvalue weighted by Crippen LogP contribution is -2.10. The van der Waals surface area contributed by atoms with Crippen molar-refractivity contribution in [1.29, 1.82) is 0 Å². The highest BCUT2D eigenvalue weighted by Crippen LogP contribution is 2.39. The van der Waals surface area contributed by atoms with Crippen LogP contribution in [0.2, 0.25) is 5.02 Å². The Bertz CT molecular complexity index is 1190. The number of halogens is 1. The molecule has 3 heteroatoms. The molecule has 0 bridgehead atoms. The Morgan fingerprint density at radius 3 is 2.28 bits per heavy atom. The zero-order valence-electron chi connectivity index (χ0n) is 22.1. The predicted molar refractivity (Wildman–Crippen MR) is 159 cm³/mol. The van der Waals surface area contributed by atoms with Gasteiger partial charge in [-0.15, -0.1) is 0 Å². The molecule has 0 radical (unpaired) electrons. The largest absolute Gasteiger partial charge is 0.393 e. The SMILES string of the molecule is C=C/C(=C\NC)c1ccc(NC2C(=C)Cc3cc(CC)c(CC(C)C)cc32)cc1.Clc1ccccc1. The Kier molecular flexibility index (Phi) is 10.0. The number of fused-ring (bicyclic) bond motifs is 1. The molecule has 1 unspecified atom stereocenters. The molecule has 36 heavy (non-hydrogen) atoms. The molecule has 1 aliphatic carbocycles. The van der Waals surface area contributed by atoms with E-state index in [0.29, 0.717) is 5.92 Å². The second kappa shape index (κ2) is 13.2. The van der Waals surface area contributed by atoms with Crippen molar-refractivity contribution < 1.29 is 0 Å². The number of hydrogen-bond donors (Lipinski definition) is 2. The standard InChI is InChI=1S/C27H34N2.C6H5Cl/c1-7-20-15-24-14-19(5)27(26(24)16-23(20)13-18(3)4)29-25-11-9-22(10-12-25)21(8-2)17-28-6;7-6-4-2-1-3-5-6/h8-12,15-18,27-29H,2,5,7,13-14H2,1,3-4,6H3;1-5H/b21-17+;. The molecule has 188 valence electrons. The first-order chi connectivity index (χ1) is 17.4. The second-order valence-electron chi connectivity index (χ2n) is 9.65. The summed E-state index contributed by atoms with van der Waals surface area (Å²) in [6.07, 6.45) is 7.02. The van der Waals surface area contributed by atoms with Crippen LogP contribution < -0.4 is 10.6 Å². The van der Waals surface area contributed by atoms with Crippen molar-refractivity contribution >= 4 is 22.9 Å². The van der Waals surface area contributed by atoms with Gasteiger partial charge in [-0.2, -0.15) is 0 Å². The van der Waals surface area contributed by atoms with Crippen molar-refractivity contribution in [3.05, 3.63) is 131 Å². The van der Waals surface area contributed by atoms with Gasteiger partial charge in [-0.1, -0.05) is 94.1 Å². The summed E-state index contributed by atoms with van der Waals surface area (Å²) in [5, 5.41) is 7.59. The van der Waals surface area contributed by atoms with Crippen molar-refractivity contribution in [2.24, 2.45) is 5.92 Å². The third kappa shape index (κ3) is 7.15. The number of hydrogen-bond acceptors (Lipinski definition) is 2. The summed E-state index contributed by atoms with van der Waals surface area (Å²) in [7, 11) is 1.90. The van der Waals surface area contributed by atoms with Crippen LogP contribution in [-0.4, -0.2) is 7.05 Å². The summed E-state index contributed by atoms with van der Waals surface area (Å²) in [4.78, 5) is 0. The van der Waals surface area contributed by atoms with Crippen LogP contribution in [0.5, 0.6) is 0 Å². The van der Waals surface area contributed by atoms with Gasteiger partial charge in [-0.05, 0) is 88.4 Å². The van der Waals surface area contributed by atoms with Gasteiger partial charge < -0.3 is 10.6 Å². The molecule has 0 aromatic heterocycles. The van der Waals surface area contributed by atoms with Crippen molar-refractivity contribution in [2.75, 3.05) is 12.4 Å². The van der Waals surface area contributed by atoms with Crippen molar-refractivity contribution in [3.8, 4) is 0 Å². The minimum atomic E-state index is 0.180. The number of aryl methyl sites for hydroxylation is 1. The molecule has 0 saturated carbocycles. The van der Waals surface area contributed by atoms with Gasteiger partial charge in [0.15, 0.2) is 0 Å². The zero-order valence-corrected chi connectivity index (χ0v) is 22.8. The molecule has 1 atom stereocenters. The Hall–Kier alpha value is -3.23. The number of rotatable bonds is 8. The maximum atomic E-state index is 5.54. The van der Waals surface area contributed by atoms with E-state index in [1.54, 1.807) is 0 Å². The molecular weight excluding hydrogens is 460 g/mol. The number of nitrogens with one attached hydrogen (secondary N) is 2. The summed E-state index contributed by atoms with van der Waals surface area (Å²) >= 11 is 5.54. The summed E-state index contributed by atoms with van der Waals surface area (Å²) in [5.41, 5.74) is 10.4. The summed E-state index contributed by atoms with van der Waals surface area (Å²) < 4.78 is 0. The summed E-state index contributed by atoms with van der Waals surface area (Å²) in [6, 6.07) is 23.0. The van der Waals surface area contributed by atoms with Gasteiger partial charge >= 0.3 is 0 Å². The van der Waals surface area contributed by atoms with E-state index in [4.69, 9.17) is 11.6 Å². The van der Waals surface area contributed by atoms with Crippen LogP contribution in [0, 0.1) is 5.92 Å². The van der Waals surface area contributed by atoms with Gasteiger partial charge in [0.2, 0.25) is 0 Å². The van der Waals surface area contributed by atoms with Crippen LogP contribution in [0.1, 0.15) is 54.6 Å². The lowest BCUT2D eigenvalue weighted by atomic mass is 9.92. The van der Waals surface area contributed by atoms with Gasteiger partial charge in [0.25, 0.3) is 0 Å². The van der Waals surface area contributed by atoms with Gasteiger partial charge in [0.1, 0.15) is 0 Å². The maximum absolute atomic E-state index is 5.54. The smallest absolute Gasteiger partial charge is 0.0730 e. The quantitative estimate of drug-likeness (QED) is 0.239. The number of allylic oxidation sites excluding steroid dienone is 2. The van der Waals surface area contributed by atoms with Crippen LogP contribution >= 0.6 is 11.6 Å². The average Bonchev–Trinajstić information content (AvgIpc) is 3.17. The first-order valence-electron chi connectivity index (χ1n) is 12.8. The molecule has 1 aliphatic rings. The Morgan fingerprint density at radius 2 is 1.75 bits per heavy atom. The van der Waals surface area contributed by atoms with Crippen LogP contribution in [0.3, 0.4) is 0 Å². The number of benzene rings is 3. The normalized spacial score (nSPS) is 14.7. The van der Waals surface area contributed by atoms with E-state index < -0.39 is 0 Å². The molecule has 0 spiro atoms. The first kappa shape index (κ1) is 27.4. The van der Waals surface area contributed by atoms with Crippen molar-refractivity contribution in [3.63, 3.8) is 0 Å². The van der Waals surface area contributed by atoms with Crippen LogP contribution in [0.25, 0.3) is 5.57 Å². The Balaban J connectivity index is 0.000000444. The van der Waals surface area contributed by atoms with E-state index in [9.17, 15) is 0 Å². The van der Waals surface area contributed by atoms with E-state index in [-0.39, 0.29) is 6.04 Å². The number of anilines is 1. The van der Waals surface area contributed by atoms with Crippen LogP contribution in [0.4, 0.5) is 5.69 Å². The summed E-state index contributed by atoms with van der Waals surface area (Å²) in [6.45, 7) is 15.1. The Labute approximate surface area is 222 Å². The molecule has 0 aliphatic heterocycles. The third-order valence-electron chi connectivity index (χ3n) is 6.39. The highest BCUT2D eigenvalue weighted by Gasteiger charge is 2.27. The van der Waals surface area contributed by atoms with Gasteiger partial charge in [-0.3, -0.25) is 0 Å². The molecule has 3 aromatic carbocycles. The van der Waals surface area contributed by atoms with E-state index in [1.807, 2.05) is 49.7 Å². The van der Waals surface area contributed by atoms with Gasteiger partial charge in [0.05, 0.1) is 6.04 Å². The fourth-order valence-corrected chi connectivity index (χ4v) is 4.79. The molecule has 0 amide bonds. The first-order valence-corrected chi connectivity index (χ1v) is 13.1. The fourth-order valence-electron chi connectivity index (χ4n) is 4.64. The average molecular weight is 499 g/mol. The molecule has 3 aromatic rings. The molecule has 4 rings (SSSR count). The van der Waals surface area contributed by atoms with Crippen molar-refractivity contribution in [1.82, 2.24) is 5.32 Å². The summed E-state index contributed by atoms with van der Waals surface area (Å²) in [5.74, 6) is 0.659. The third-order valence-corrected chi connectivity index (χ3v) is 6.64. The van der Waals surface area contributed by atoms with E-state index in [2.05, 4.69) is 81.0 Å². The minimum absolute atomic E-state index is 0.180. The minimum Gasteiger partial charge on any atom is -0.393 e. The second-order valence-corrected chi connectivity index (χ2v) is 10.1. The zero-order chi connectivity index (χ0) is 26.1. The Morgan fingerprint density at radius 1 is 1.06 bits per heavy atom. The van der Waals surface area contributed by atoms with E-state index in [0.717, 1.165) is 41.1 Å². The van der Waals surface area contributed by atoms with Crippen molar-refractivity contribution in [2.45, 2.75) is 46.1 Å². The highest BCUT2D eigenvalue weighted by molar-refractivity contribution is 6.30. The lowest BCUT2D eigenvalue weighted by Gasteiger charge is -2.20. The molecule has 2 nitrogen and oxygen atoms in total. The maximum Gasteiger partial charge on any atom is 0.0730 e. The molecular formula is C33H39ClN2. The topological polar surface area (TPSA) is 24.1 Å². The molecule has 0 fully saturated rings. The molecule has 0 saturated heterocycles. The lowest BCUT2D eigenvalue weighted by molar-refractivity contribution is 0.642. The van der Waals surface area contributed by atoms with Gasteiger partial charge in [-0.25, -0.2) is 0 Å². The van der Waals surface area contributed by atoms with E-state index >= 15 is 0 Å². The highest BCUT2D eigenvalue weighted by atomic mass is 35.5. The van der Waals surface area contributed by atoms with Crippen LogP contribution in [0.15, 0.2) is 97.7 Å². The fraction of sp³-hybridized carbons (Fsp3) is 0.273. The van der Waals surface area contributed by atoms with E-state index in [1.165, 1.54) is 27.8 Å². The molecule has 0 heterocycles. The molecule has 2 N–H and O–H groups in total. The van der Waals surface area contributed by atoms with Gasteiger partial charge in [0, 0.05) is 24.0 Å². The predicted octanol–water partition coefficient (Wildman–Crippen LogP) is 8.80.